The standard InChI is InChI=1S/C16H16N4/c1-11-4-2-5-12(20-11)10-19-15-8-9-18-16-13(15)6-3-7-14(16)17/h2-9H,10,17H2,1H3,(H,18,19). The first-order valence-corrected chi connectivity index (χ1v) is 6.53. The van der Waals surface area contributed by atoms with Crippen LogP contribution < -0.4 is 11.1 Å². The molecule has 0 amide bonds. The molecule has 0 atom stereocenters. The number of pyridine rings is 2. The summed E-state index contributed by atoms with van der Waals surface area (Å²) in [6.07, 6.45) is 1.77. The number of para-hydroxylation sites is 1. The highest BCUT2D eigenvalue weighted by atomic mass is 14.9. The molecule has 0 fully saturated rings. The van der Waals surface area contributed by atoms with Crippen molar-refractivity contribution in [3.8, 4) is 0 Å². The zero-order valence-corrected chi connectivity index (χ0v) is 11.3. The lowest BCUT2D eigenvalue weighted by Gasteiger charge is -2.10. The zero-order chi connectivity index (χ0) is 13.9. The smallest absolute Gasteiger partial charge is 0.0951 e. The molecule has 4 nitrogen and oxygen atoms in total. The van der Waals surface area contributed by atoms with Gasteiger partial charge in [0.05, 0.1) is 23.4 Å². The van der Waals surface area contributed by atoms with Crippen LogP contribution in [-0.2, 0) is 6.54 Å². The minimum absolute atomic E-state index is 0.676. The van der Waals surface area contributed by atoms with E-state index in [4.69, 9.17) is 5.73 Å². The fraction of sp³-hybridized carbons (Fsp3) is 0.125. The second kappa shape index (κ2) is 5.17. The maximum Gasteiger partial charge on any atom is 0.0951 e. The van der Waals surface area contributed by atoms with Gasteiger partial charge >= 0.3 is 0 Å². The topological polar surface area (TPSA) is 63.8 Å². The van der Waals surface area contributed by atoms with Crippen molar-refractivity contribution in [3.05, 3.63) is 60.0 Å². The van der Waals surface area contributed by atoms with Gasteiger partial charge in [0.1, 0.15) is 0 Å². The first-order chi connectivity index (χ1) is 9.74. The third-order valence-corrected chi connectivity index (χ3v) is 3.21. The first kappa shape index (κ1) is 12.4. The summed E-state index contributed by atoms with van der Waals surface area (Å²) in [5.41, 5.74) is 10.5. The number of fused-ring (bicyclic) bond motifs is 1. The van der Waals surface area contributed by atoms with E-state index >= 15 is 0 Å². The number of benzene rings is 1. The van der Waals surface area contributed by atoms with E-state index in [0.717, 1.165) is 28.0 Å². The molecule has 3 aromatic rings. The third-order valence-electron chi connectivity index (χ3n) is 3.21. The number of nitrogen functional groups attached to an aromatic ring is 1. The molecular formula is C16H16N4. The fourth-order valence-corrected chi connectivity index (χ4v) is 2.24. The molecule has 0 spiro atoms. The van der Waals surface area contributed by atoms with Crippen molar-refractivity contribution in [2.24, 2.45) is 0 Å². The molecule has 0 unspecified atom stereocenters. The van der Waals surface area contributed by atoms with Gasteiger partial charge in [-0.05, 0) is 31.2 Å². The van der Waals surface area contributed by atoms with Gasteiger partial charge in [-0.3, -0.25) is 9.97 Å². The van der Waals surface area contributed by atoms with Crippen molar-refractivity contribution in [2.45, 2.75) is 13.5 Å². The van der Waals surface area contributed by atoms with Crippen LogP contribution in [0, 0.1) is 6.92 Å². The molecule has 3 rings (SSSR count). The average molecular weight is 264 g/mol. The number of hydrogen-bond donors (Lipinski definition) is 2. The van der Waals surface area contributed by atoms with Crippen LogP contribution in [0.15, 0.2) is 48.7 Å². The number of hydrogen-bond acceptors (Lipinski definition) is 4. The Morgan fingerprint density at radius 2 is 1.95 bits per heavy atom. The predicted octanol–water partition coefficient (Wildman–Crippen LogP) is 3.13. The number of nitrogens with one attached hydrogen (secondary N) is 1. The molecule has 2 heterocycles. The van der Waals surface area contributed by atoms with Gasteiger partial charge < -0.3 is 11.1 Å². The monoisotopic (exact) mass is 264 g/mol. The highest BCUT2D eigenvalue weighted by Crippen LogP contribution is 2.25. The third kappa shape index (κ3) is 2.40. The molecule has 100 valence electrons. The summed E-state index contributed by atoms with van der Waals surface area (Å²) in [5, 5.41) is 4.43. The molecule has 0 aliphatic rings. The van der Waals surface area contributed by atoms with Gasteiger partial charge in [-0.2, -0.15) is 0 Å². The summed E-state index contributed by atoms with van der Waals surface area (Å²) in [4.78, 5) is 8.81. The van der Waals surface area contributed by atoms with Gasteiger partial charge in [0, 0.05) is 23.0 Å². The Labute approximate surface area is 117 Å². The van der Waals surface area contributed by atoms with E-state index in [9.17, 15) is 0 Å². The molecule has 0 aliphatic carbocycles. The summed E-state index contributed by atoms with van der Waals surface area (Å²) in [5.74, 6) is 0. The second-order valence-electron chi connectivity index (χ2n) is 4.73. The highest BCUT2D eigenvalue weighted by Gasteiger charge is 2.04. The SMILES string of the molecule is Cc1cccc(CNc2ccnc3c(N)cccc23)n1. The number of aromatic nitrogens is 2. The van der Waals surface area contributed by atoms with Gasteiger partial charge in [0.2, 0.25) is 0 Å². The van der Waals surface area contributed by atoms with E-state index in [-0.39, 0.29) is 0 Å². The molecule has 0 saturated carbocycles. The number of rotatable bonds is 3. The number of aryl methyl sites for hydroxylation is 1. The molecular weight excluding hydrogens is 248 g/mol. The van der Waals surface area contributed by atoms with Crippen LogP contribution in [-0.4, -0.2) is 9.97 Å². The van der Waals surface area contributed by atoms with Crippen LogP contribution >= 0.6 is 0 Å². The van der Waals surface area contributed by atoms with Crippen LogP contribution in [0.3, 0.4) is 0 Å². The van der Waals surface area contributed by atoms with Crippen molar-refractivity contribution >= 4 is 22.3 Å². The van der Waals surface area contributed by atoms with E-state index in [1.807, 2.05) is 49.4 Å². The molecule has 2 aromatic heterocycles. The molecule has 0 radical (unpaired) electrons. The number of nitrogens with zero attached hydrogens (tertiary/aromatic N) is 2. The average Bonchev–Trinajstić information content (AvgIpc) is 2.46. The van der Waals surface area contributed by atoms with E-state index < -0.39 is 0 Å². The number of nitrogens with two attached hydrogens (primary N) is 1. The summed E-state index contributed by atoms with van der Waals surface area (Å²) in [7, 11) is 0. The van der Waals surface area contributed by atoms with Crippen molar-refractivity contribution in [1.82, 2.24) is 9.97 Å². The Balaban J connectivity index is 1.90. The Morgan fingerprint density at radius 3 is 2.80 bits per heavy atom. The van der Waals surface area contributed by atoms with Crippen molar-refractivity contribution in [2.75, 3.05) is 11.1 Å². The van der Waals surface area contributed by atoms with Crippen LogP contribution in [0.4, 0.5) is 11.4 Å². The van der Waals surface area contributed by atoms with Crippen molar-refractivity contribution < 1.29 is 0 Å². The Morgan fingerprint density at radius 1 is 1.10 bits per heavy atom. The van der Waals surface area contributed by atoms with Crippen molar-refractivity contribution in [3.63, 3.8) is 0 Å². The lowest BCUT2D eigenvalue weighted by Crippen LogP contribution is -2.03. The first-order valence-electron chi connectivity index (χ1n) is 6.53. The molecule has 0 aliphatic heterocycles. The Bertz CT molecular complexity index is 752. The van der Waals surface area contributed by atoms with Gasteiger partial charge in [-0.1, -0.05) is 18.2 Å². The van der Waals surface area contributed by atoms with Crippen LogP contribution in [0.5, 0.6) is 0 Å². The Kier molecular flexibility index (Phi) is 3.21. The lowest BCUT2D eigenvalue weighted by molar-refractivity contribution is 1.02. The largest absolute Gasteiger partial charge is 0.397 e. The minimum atomic E-state index is 0.676. The van der Waals surface area contributed by atoms with Crippen LogP contribution in [0.25, 0.3) is 10.9 Å². The molecule has 3 N–H and O–H groups in total. The predicted molar refractivity (Wildman–Crippen MR) is 82.5 cm³/mol. The lowest BCUT2D eigenvalue weighted by atomic mass is 10.1. The molecule has 1 aromatic carbocycles. The summed E-state index contributed by atoms with van der Waals surface area (Å²) in [6.45, 7) is 2.67. The maximum absolute atomic E-state index is 5.95. The van der Waals surface area contributed by atoms with Gasteiger partial charge in [0.25, 0.3) is 0 Å². The second-order valence-corrected chi connectivity index (χ2v) is 4.73. The molecule has 0 saturated heterocycles. The van der Waals surface area contributed by atoms with Gasteiger partial charge in [0.15, 0.2) is 0 Å². The molecule has 20 heavy (non-hydrogen) atoms. The maximum atomic E-state index is 5.95. The van der Waals surface area contributed by atoms with E-state index in [0.29, 0.717) is 12.2 Å². The Hall–Kier alpha value is -2.62. The van der Waals surface area contributed by atoms with E-state index in [1.165, 1.54) is 0 Å². The van der Waals surface area contributed by atoms with Gasteiger partial charge in [-0.15, -0.1) is 0 Å². The van der Waals surface area contributed by atoms with Crippen molar-refractivity contribution in [1.29, 1.82) is 0 Å². The quantitative estimate of drug-likeness (QED) is 0.713. The van der Waals surface area contributed by atoms with E-state index in [2.05, 4.69) is 15.3 Å². The molecule has 4 heteroatoms. The van der Waals surface area contributed by atoms with Crippen LogP contribution in [0.1, 0.15) is 11.4 Å². The molecule has 0 bridgehead atoms. The summed E-state index contributed by atoms with van der Waals surface area (Å²) >= 11 is 0. The van der Waals surface area contributed by atoms with Crippen LogP contribution in [0.2, 0.25) is 0 Å². The number of anilines is 2. The summed E-state index contributed by atoms with van der Waals surface area (Å²) < 4.78 is 0. The summed E-state index contributed by atoms with van der Waals surface area (Å²) in [6, 6.07) is 13.8. The highest BCUT2D eigenvalue weighted by molar-refractivity contribution is 5.97. The zero-order valence-electron chi connectivity index (χ0n) is 11.3. The van der Waals surface area contributed by atoms with E-state index in [1.54, 1.807) is 6.20 Å². The normalized spacial score (nSPS) is 10.7. The van der Waals surface area contributed by atoms with Gasteiger partial charge in [-0.25, -0.2) is 0 Å². The minimum Gasteiger partial charge on any atom is -0.397 e. The fourth-order valence-electron chi connectivity index (χ4n) is 2.24.